The summed E-state index contributed by atoms with van der Waals surface area (Å²) < 4.78 is 33.7. The molecule has 0 amide bonds. The zero-order chi connectivity index (χ0) is 25.2. The van der Waals surface area contributed by atoms with Crippen LogP contribution in [0.4, 0.5) is 0 Å². The van der Waals surface area contributed by atoms with Gasteiger partial charge < -0.3 is 27.8 Å². The van der Waals surface area contributed by atoms with E-state index >= 15 is 0 Å². The van der Waals surface area contributed by atoms with Gasteiger partial charge in [0.15, 0.2) is 22.8 Å². The Bertz CT molecular complexity index is 1640. The van der Waals surface area contributed by atoms with E-state index in [1.54, 1.807) is 49.4 Å². The van der Waals surface area contributed by atoms with E-state index < -0.39 is 5.97 Å². The van der Waals surface area contributed by atoms with Crippen molar-refractivity contribution in [2.24, 2.45) is 0 Å². The Morgan fingerprint density at radius 2 is 1.69 bits per heavy atom. The minimum Gasteiger partial charge on any atom is -0.493 e. The molecule has 0 aliphatic heterocycles. The van der Waals surface area contributed by atoms with Crippen LogP contribution in [0, 0.1) is 6.92 Å². The minimum absolute atomic E-state index is 0.0175. The van der Waals surface area contributed by atoms with E-state index in [2.05, 4.69) is 0 Å². The van der Waals surface area contributed by atoms with Gasteiger partial charge in [0.1, 0.15) is 17.1 Å². The smallest absolute Gasteiger partial charge is 0.379 e. The fraction of sp³-hybridized carbons (Fsp3) is 0.143. The highest BCUT2D eigenvalue weighted by Gasteiger charge is 2.19. The average molecular weight is 486 g/mol. The molecule has 5 rings (SSSR count). The van der Waals surface area contributed by atoms with Gasteiger partial charge in [-0.1, -0.05) is 24.3 Å². The molecule has 182 valence electrons. The van der Waals surface area contributed by atoms with Gasteiger partial charge in [0.25, 0.3) is 0 Å². The third-order valence-corrected chi connectivity index (χ3v) is 5.49. The fourth-order valence-electron chi connectivity index (χ4n) is 3.82. The van der Waals surface area contributed by atoms with Crippen molar-refractivity contribution in [2.75, 3.05) is 13.7 Å². The van der Waals surface area contributed by atoms with Gasteiger partial charge in [0.05, 0.1) is 19.1 Å². The Kier molecular flexibility index (Phi) is 6.08. The molecule has 8 nitrogen and oxygen atoms in total. The summed E-state index contributed by atoms with van der Waals surface area (Å²) in [6.45, 7) is 3.94. The van der Waals surface area contributed by atoms with Crippen molar-refractivity contribution in [3.8, 4) is 28.7 Å². The number of carbonyl (C=O) groups is 1. The van der Waals surface area contributed by atoms with Crippen molar-refractivity contribution in [1.29, 1.82) is 0 Å². The first-order valence-electron chi connectivity index (χ1n) is 11.2. The summed E-state index contributed by atoms with van der Waals surface area (Å²) in [4.78, 5) is 25.9. The lowest BCUT2D eigenvalue weighted by Gasteiger charge is -2.12. The van der Waals surface area contributed by atoms with Gasteiger partial charge in [-0.05, 0) is 50.2 Å². The van der Waals surface area contributed by atoms with E-state index in [1.807, 2.05) is 13.0 Å². The molecule has 5 aromatic rings. The maximum Gasteiger partial charge on any atom is 0.379 e. The normalized spacial score (nSPS) is 11.0. The third kappa shape index (κ3) is 4.24. The summed E-state index contributed by atoms with van der Waals surface area (Å²) in [6, 6.07) is 18.5. The number of ether oxygens (including phenoxy) is 4. The number of carbonyl (C=O) groups excluding carboxylic acids is 1. The number of aryl methyl sites for hydroxylation is 1. The number of rotatable bonds is 7. The predicted molar refractivity (Wildman–Crippen MR) is 133 cm³/mol. The van der Waals surface area contributed by atoms with Gasteiger partial charge in [0, 0.05) is 11.5 Å². The first kappa shape index (κ1) is 23.0. The van der Waals surface area contributed by atoms with Gasteiger partial charge in [-0.3, -0.25) is 4.79 Å². The molecule has 0 radical (unpaired) electrons. The largest absolute Gasteiger partial charge is 0.493 e. The molecule has 0 unspecified atom stereocenters. The van der Waals surface area contributed by atoms with Crippen LogP contribution in [0.5, 0.6) is 28.7 Å². The first-order chi connectivity index (χ1) is 17.5. The van der Waals surface area contributed by atoms with Crippen LogP contribution in [0.2, 0.25) is 0 Å². The Hall–Kier alpha value is -4.72. The van der Waals surface area contributed by atoms with Crippen molar-refractivity contribution in [2.45, 2.75) is 13.8 Å². The topological polar surface area (TPSA) is 97.3 Å². The van der Waals surface area contributed by atoms with Crippen molar-refractivity contribution >= 4 is 27.9 Å². The van der Waals surface area contributed by atoms with E-state index in [0.717, 1.165) is 0 Å². The van der Waals surface area contributed by atoms with Crippen LogP contribution in [0.3, 0.4) is 0 Å². The van der Waals surface area contributed by atoms with Gasteiger partial charge in [-0.2, -0.15) is 0 Å². The Morgan fingerprint density at radius 1 is 0.917 bits per heavy atom. The van der Waals surface area contributed by atoms with Crippen LogP contribution in [0.25, 0.3) is 21.9 Å². The summed E-state index contributed by atoms with van der Waals surface area (Å²) >= 11 is 0. The molecule has 0 N–H and O–H groups in total. The SMILES string of the molecule is CCOc1ccccc1Oc1c(C)oc2cc(OC(=O)c3cc4cccc(OC)c4o3)ccc2c1=O. The predicted octanol–water partition coefficient (Wildman–Crippen LogP) is 6.27. The second-order valence-electron chi connectivity index (χ2n) is 7.84. The molecule has 0 aliphatic carbocycles. The zero-order valence-corrected chi connectivity index (χ0v) is 19.8. The van der Waals surface area contributed by atoms with Crippen molar-refractivity contribution in [3.05, 3.63) is 88.5 Å². The number of furan rings is 1. The minimum atomic E-state index is -0.695. The van der Waals surface area contributed by atoms with Crippen molar-refractivity contribution < 1.29 is 32.6 Å². The summed E-state index contributed by atoms with van der Waals surface area (Å²) in [6.07, 6.45) is 0. The number of fused-ring (bicyclic) bond motifs is 2. The van der Waals surface area contributed by atoms with E-state index in [4.69, 9.17) is 27.8 Å². The second kappa shape index (κ2) is 9.50. The van der Waals surface area contributed by atoms with Crippen molar-refractivity contribution in [3.63, 3.8) is 0 Å². The van der Waals surface area contributed by atoms with E-state index in [0.29, 0.717) is 34.8 Å². The van der Waals surface area contributed by atoms with Crippen LogP contribution in [-0.4, -0.2) is 19.7 Å². The fourth-order valence-corrected chi connectivity index (χ4v) is 3.82. The van der Waals surface area contributed by atoms with E-state index in [-0.39, 0.29) is 39.4 Å². The highest BCUT2D eigenvalue weighted by molar-refractivity contribution is 5.95. The lowest BCUT2D eigenvalue weighted by Crippen LogP contribution is -2.09. The van der Waals surface area contributed by atoms with Gasteiger partial charge in [-0.25, -0.2) is 4.79 Å². The number of hydrogen-bond donors (Lipinski definition) is 0. The third-order valence-electron chi connectivity index (χ3n) is 5.49. The molecule has 36 heavy (non-hydrogen) atoms. The maximum atomic E-state index is 13.2. The Balaban J connectivity index is 1.43. The molecule has 2 aromatic heterocycles. The Labute approximate surface area is 205 Å². The van der Waals surface area contributed by atoms with Crippen LogP contribution < -0.4 is 24.4 Å². The molecule has 8 heteroatoms. The number of para-hydroxylation sites is 3. The number of benzene rings is 3. The monoisotopic (exact) mass is 486 g/mol. The lowest BCUT2D eigenvalue weighted by atomic mass is 10.2. The molecule has 0 saturated heterocycles. The lowest BCUT2D eigenvalue weighted by molar-refractivity contribution is 0.0704. The number of methoxy groups -OCH3 is 1. The van der Waals surface area contributed by atoms with Gasteiger partial charge in [0.2, 0.25) is 16.9 Å². The molecular weight excluding hydrogens is 464 g/mol. The molecule has 0 atom stereocenters. The van der Waals surface area contributed by atoms with Crippen LogP contribution in [0.15, 0.2) is 80.4 Å². The average Bonchev–Trinajstić information content (AvgIpc) is 3.32. The zero-order valence-electron chi connectivity index (χ0n) is 19.8. The first-order valence-corrected chi connectivity index (χ1v) is 11.2. The molecule has 0 spiro atoms. The number of esters is 1. The van der Waals surface area contributed by atoms with Crippen molar-refractivity contribution in [1.82, 2.24) is 0 Å². The van der Waals surface area contributed by atoms with Gasteiger partial charge in [-0.15, -0.1) is 0 Å². The van der Waals surface area contributed by atoms with Crippen LogP contribution >= 0.6 is 0 Å². The molecule has 0 aliphatic rings. The molecular formula is C28H22O8. The quantitative estimate of drug-likeness (QED) is 0.196. The molecule has 0 saturated carbocycles. The van der Waals surface area contributed by atoms with Gasteiger partial charge >= 0.3 is 5.97 Å². The Morgan fingerprint density at radius 3 is 2.47 bits per heavy atom. The maximum absolute atomic E-state index is 13.2. The van der Waals surface area contributed by atoms with Crippen LogP contribution in [-0.2, 0) is 0 Å². The highest BCUT2D eigenvalue weighted by atomic mass is 16.6. The number of hydrogen-bond acceptors (Lipinski definition) is 8. The summed E-state index contributed by atoms with van der Waals surface area (Å²) in [7, 11) is 1.52. The summed E-state index contributed by atoms with van der Waals surface area (Å²) in [5.74, 6) is 1.27. The van der Waals surface area contributed by atoms with E-state index in [1.165, 1.54) is 25.3 Å². The summed E-state index contributed by atoms with van der Waals surface area (Å²) in [5.41, 5.74) is 0.340. The highest BCUT2D eigenvalue weighted by Crippen LogP contribution is 2.33. The molecule has 0 bridgehead atoms. The second-order valence-corrected chi connectivity index (χ2v) is 7.84. The van der Waals surface area contributed by atoms with Crippen LogP contribution in [0.1, 0.15) is 23.2 Å². The van der Waals surface area contributed by atoms with E-state index in [9.17, 15) is 9.59 Å². The molecule has 3 aromatic carbocycles. The standard InChI is InChI=1S/C28H22O8/c1-4-32-20-9-5-6-10-21(20)35-26-16(2)33-23-15-18(12-13-19(23)25(26)29)34-28(30)24-14-17-8-7-11-22(31-3)27(17)36-24/h5-15H,4H2,1-3H3. The summed E-state index contributed by atoms with van der Waals surface area (Å²) in [5, 5.41) is 0.984. The molecule has 0 fully saturated rings. The molecule has 2 heterocycles.